The molecule has 300 valence electrons. The van der Waals surface area contributed by atoms with Crippen molar-refractivity contribution in [2.24, 2.45) is 28.1 Å². The summed E-state index contributed by atoms with van der Waals surface area (Å²) in [5, 5.41) is 24.5. The van der Waals surface area contributed by atoms with E-state index in [1.54, 1.807) is 33.8 Å². The third-order valence-electron chi connectivity index (χ3n) is 13.4. The zero-order valence-corrected chi connectivity index (χ0v) is 32.8. The number of hydrogen-bond donors (Lipinski definition) is 2. The molecule has 55 heavy (non-hydrogen) atoms. The molecule has 15 heteroatoms. The number of furan rings is 1. The van der Waals surface area contributed by atoms with E-state index < -0.39 is 105 Å². The predicted octanol–water partition coefficient (Wildman–Crippen LogP) is 3.74. The van der Waals surface area contributed by atoms with E-state index in [1.165, 1.54) is 53.4 Å². The van der Waals surface area contributed by atoms with Gasteiger partial charge in [-0.1, -0.05) is 26.8 Å². The zero-order valence-electron chi connectivity index (χ0n) is 32.8. The average molecular weight is 771 g/mol. The molecular formula is C40H50O15. The van der Waals surface area contributed by atoms with Crippen LogP contribution in [0.2, 0.25) is 0 Å². The number of rotatable bonds is 9. The smallest absolute Gasteiger partial charge is 0.352 e. The molecule has 1 aromatic rings. The predicted molar refractivity (Wildman–Crippen MR) is 187 cm³/mol. The van der Waals surface area contributed by atoms with E-state index in [9.17, 15) is 39.0 Å². The highest BCUT2D eigenvalue weighted by Gasteiger charge is 2.92. The second kappa shape index (κ2) is 13.0. The molecule has 0 radical (unpaired) electrons. The summed E-state index contributed by atoms with van der Waals surface area (Å²) in [5.41, 5.74) is -9.59. The molecule has 0 amide bonds. The quantitative estimate of drug-likeness (QED) is 0.159. The molecule has 15 nitrogen and oxygen atoms in total. The van der Waals surface area contributed by atoms with Crippen LogP contribution in [0.5, 0.6) is 0 Å². The Morgan fingerprint density at radius 1 is 1.04 bits per heavy atom. The molecule has 0 unspecified atom stereocenters. The van der Waals surface area contributed by atoms with Gasteiger partial charge >= 0.3 is 35.8 Å². The van der Waals surface area contributed by atoms with Crippen molar-refractivity contribution in [3.05, 3.63) is 47.0 Å². The number of cyclic esters (lactones) is 1. The summed E-state index contributed by atoms with van der Waals surface area (Å²) in [6.07, 6.45) is -1.78. The fourth-order valence-corrected chi connectivity index (χ4v) is 11.1. The minimum atomic E-state index is -2.56. The standard InChI is InChI=1S/C40H50O15/c1-11-19(2)31(44)54-33-37(8)18-39(55-21(4)42)38(9,24(37)16-25(43)49-10)23-12-14-36(7)27(26(23)30(40(33,39)48)51-20(3)41)28(52-34(46)35(5,6)47)32(45)53-29(36)22-13-15-50-17-22/h11,13,15,17,23-24,28-30,33,47-48H,12,14,16,18H2,1-10H3/t23-,24-,28+,29-,30-,33-,36+,37+,38+,39+,40+/m0/s1. The van der Waals surface area contributed by atoms with Gasteiger partial charge in [-0.15, -0.1) is 0 Å². The second-order valence-electron chi connectivity index (χ2n) is 16.9. The number of carbonyl (C=O) groups is 6. The van der Waals surface area contributed by atoms with E-state index >= 15 is 0 Å². The maximum Gasteiger partial charge on any atom is 0.352 e. The number of aliphatic hydroxyl groups is 2. The fraction of sp³-hybridized carbons (Fsp3) is 0.650. The Balaban J connectivity index is 1.76. The van der Waals surface area contributed by atoms with Gasteiger partial charge in [-0.3, -0.25) is 14.4 Å². The van der Waals surface area contributed by atoms with Gasteiger partial charge in [0.15, 0.2) is 22.9 Å². The van der Waals surface area contributed by atoms with Gasteiger partial charge in [-0.2, -0.15) is 0 Å². The number of allylic oxidation sites excluding steroid dienone is 1. The van der Waals surface area contributed by atoms with Crippen LogP contribution >= 0.6 is 0 Å². The normalized spacial score (nSPS) is 39.0. The molecule has 2 bridgehead atoms. The molecule has 1 aromatic heterocycles. The van der Waals surface area contributed by atoms with Crippen LogP contribution in [0, 0.1) is 28.1 Å². The Kier molecular flexibility index (Phi) is 9.52. The molecule has 4 fully saturated rings. The van der Waals surface area contributed by atoms with E-state index in [-0.39, 0.29) is 42.4 Å². The van der Waals surface area contributed by atoms with Gasteiger partial charge in [0.2, 0.25) is 6.10 Å². The molecule has 5 aliphatic rings. The number of ether oxygens (including phenoxy) is 6. The first-order valence-electron chi connectivity index (χ1n) is 18.4. The largest absolute Gasteiger partial charge is 0.472 e. The van der Waals surface area contributed by atoms with Crippen LogP contribution in [0.25, 0.3) is 0 Å². The van der Waals surface area contributed by atoms with E-state index in [0.29, 0.717) is 5.56 Å². The lowest BCUT2D eigenvalue weighted by molar-refractivity contribution is -0.319. The molecule has 2 N–H and O–H groups in total. The Morgan fingerprint density at radius 3 is 2.25 bits per heavy atom. The lowest BCUT2D eigenvalue weighted by Crippen LogP contribution is -2.81. The Hall–Kier alpha value is -4.50. The van der Waals surface area contributed by atoms with Crippen LogP contribution in [0.15, 0.2) is 45.8 Å². The minimum absolute atomic E-state index is 0.119. The topological polar surface area (TPSA) is 211 Å². The van der Waals surface area contributed by atoms with Crippen LogP contribution < -0.4 is 0 Å². The molecule has 1 aliphatic heterocycles. The lowest BCUT2D eigenvalue weighted by atomic mass is 9.40. The van der Waals surface area contributed by atoms with E-state index in [2.05, 4.69) is 0 Å². The maximum absolute atomic E-state index is 14.2. The van der Waals surface area contributed by atoms with Crippen molar-refractivity contribution >= 4 is 35.8 Å². The van der Waals surface area contributed by atoms with E-state index in [0.717, 1.165) is 6.92 Å². The summed E-state index contributed by atoms with van der Waals surface area (Å²) in [6, 6.07) is 1.62. The van der Waals surface area contributed by atoms with Crippen LogP contribution in [0.3, 0.4) is 0 Å². The lowest BCUT2D eigenvalue weighted by Gasteiger charge is -2.68. The van der Waals surface area contributed by atoms with Gasteiger partial charge in [0.1, 0.15) is 12.2 Å². The molecule has 2 heterocycles. The summed E-state index contributed by atoms with van der Waals surface area (Å²) in [4.78, 5) is 81.4. The number of methoxy groups -OCH3 is 1. The van der Waals surface area contributed by atoms with Crippen LogP contribution in [0.1, 0.15) is 99.7 Å². The van der Waals surface area contributed by atoms with Gasteiger partial charge < -0.3 is 43.1 Å². The van der Waals surface area contributed by atoms with Crippen LogP contribution in [0.4, 0.5) is 0 Å². The molecule has 3 saturated carbocycles. The van der Waals surface area contributed by atoms with Crippen molar-refractivity contribution in [2.45, 2.75) is 129 Å². The number of fused-ring (bicyclic) bond motifs is 4. The Labute approximate surface area is 318 Å². The highest BCUT2D eigenvalue weighted by atomic mass is 16.6. The van der Waals surface area contributed by atoms with Crippen molar-refractivity contribution in [2.75, 3.05) is 7.11 Å². The van der Waals surface area contributed by atoms with Crippen LogP contribution in [-0.2, 0) is 57.2 Å². The highest BCUT2D eigenvalue weighted by Crippen LogP contribution is 2.82. The van der Waals surface area contributed by atoms with Gasteiger partial charge in [0, 0.05) is 54.1 Å². The first-order valence-corrected chi connectivity index (χ1v) is 18.4. The summed E-state index contributed by atoms with van der Waals surface area (Å²) in [5.74, 6) is -6.93. The molecule has 0 aromatic carbocycles. The zero-order chi connectivity index (χ0) is 40.8. The maximum atomic E-state index is 14.2. The van der Waals surface area contributed by atoms with Gasteiger partial charge in [0.25, 0.3) is 0 Å². The third-order valence-corrected chi connectivity index (χ3v) is 13.4. The Bertz CT molecular complexity index is 1890. The number of hydrogen-bond acceptors (Lipinski definition) is 15. The Morgan fingerprint density at radius 2 is 1.71 bits per heavy atom. The molecule has 1 saturated heterocycles. The summed E-state index contributed by atoms with van der Waals surface area (Å²) in [6.45, 7) is 13.1. The number of carbonyl (C=O) groups excluding carboxylic acids is 6. The van der Waals surface area contributed by atoms with Crippen molar-refractivity contribution in [3.63, 3.8) is 0 Å². The molecule has 0 spiro atoms. The average Bonchev–Trinajstić information content (AvgIpc) is 3.75. The molecule has 11 atom stereocenters. The van der Waals surface area contributed by atoms with Gasteiger partial charge in [-0.25, -0.2) is 14.4 Å². The van der Waals surface area contributed by atoms with Crippen molar-refractivity contribution in [1.82, 2.24) is 0 Å². The van der Waals surface area contributed by atoms with E-state index in [1.807, 2.05) is 0 Å². The fourth-order valence-electron chi connectivity index (χ4n) is 11.1. The van der Waals surface area contributed by atoms with Gasteiger partial charge in [-0.05, 0) is 69.6 Å². The third kappa shape index (κ3) is 5.42. The van der Waals surface area contributed by atoms with Gasteiger partial charge in [0.05, 0.1) is 19.6 Å². The molecular weight excluding hydrogens is 720 g/mol. The monoisotopic (exact) mass is 770 g/mol. The molecule has 6 rings (SSSR count). The summed E-state index contributed by atoms with van der Waals surface area (Å²) >= 11 is 0. The van der Waals surface area contributed by atoms with E-state index in [4.69, 9.17) is 32.8 Å². The van der Waals surface area contributed by atoms with Crippen molar-refractivity contribution in [3.8, 4) is 0 Å². The SMILES string of the molecule is CC=C(C)C(=O)O[C@H]1[C@]2(C)C[C@@]3(OC(C)=O)[C@](C)([C@H]4CC[C@]5(C)C(=C4[C@H](OC(C)=O)[C@@]13O)[C@@H](OC(=O)C(C)(C)O)C(=O)O[C@H]5c1ccoc1)[C@H]2CC(=O)OC. The summed E-state index contributed by atoms with van der Waals surface area (Å²) < 4.78 is 41.2. The first-order chi connectivity index (χ1) is 25.5. The minimum Gasteiger partial charge on any atom is -0.472 e. The van der Waals surface area contributed by atoms with Crippen molar-refractivity contribution < 1.29 is 71.8 Å². The van der Waals surface area contributed by atoms with Crippen molar-refractivity contribution in [1.29, 1.82) is 0 Å². The molecule has 4 aliphatic carbocycles. The second-order valence-corrected chi connectivity index (χ2v) is 16.9. The van der Waals surface area contributed by atoms with Crippen LogP contribution in [-0.4, -0.2) is 88.3 Å². The number of esters is 6. The highest BCUT2D eigenvalue weighted by molar-refractivity contribution is 5.89. The first kappa shape index (κ1) is 40.2. The summed E-state index contributed by atoms with van der Waals surface area (Å²) in [7, 11) is 1.23.